The van der Waals surface area contributed by atoms with Crippen LogP contribution >= 0.6 is 0 Å². The van der Waals surface area contributed by atoms with E-state index in [4.69, 9.17) is 4.74 Å². The van der Waals surface area contributed by atoms with E-state index >= 15 is 0 Å². The number of carbonyl (C=O) groups excluding carboxylic acids is 2. The zero-order chi connectivity index (χ0) is 25.7. The fraction of sp³-hybridized carbons (Fsp3) is 0.296. The van der Waals surface area contributed by atoms with Gasteiger partial charge in [0.25, 0.3) is 5.91 Å². The molecule has 0 radical (unpaired) electrons. The lowest BCUT2D eigenvalue weighted by Gasteiger charge is -2.37. The topological polar surface area (TPSA) is 91.8 Å². The van der Waals surface area contributed by atoms with Crippen LogP contribution in [0.3, 0.4) is 0 Å². The number of carbonyl (C=O) groups is 2. The second-order valence-electron chi connectivity index (χ2n) is 8.82. The number of para-hydroxylation sites is 1. The third-order valence-corrected chi connectivity index (χ3v) is 6.30. The van der Waals surface area contributed by atoms with Gasteiger partial charge in [0.05, 0.1) is 6.20 Å². The van der Waals surface area contributed by atoms with Gasteiger partial charge in [-0.3, -0.25) is 9.59 Å². The molecule has 7 nitrogen and oxygen atoms in total. The molecule has 3 aromatic rings. The van der Waals surface area contributed by atoms with Crippen molar-refractivity contribution in [3.63, 3.8) is 0 Å². The number of amides is 2. The molecule has 0 unspecified atom stereocenters. The van der Waals surface area contributed by atoms with Gasteiger partial charge in [-0.2, -0.15) is 0 Å². The van der Waals surface area contributed by atoms with E-state index in [1.54, 1.807) is 23.1 Å². The predicted molar refractivity (Wildman–Crippen MR) is 129 cm³/mol. The lowest BCUT2D eigenvalue weighted by Crippen LogP contribution is -2.45. The lowest BCUT2D eigenvalue weighted by molar-refractivity contribution is -0.132. The highest BCUT2D eigenvalue weighted by Crippen LogP contribution is 2.28. The van der Waals surface area contributed by atoms with Crippen LogP contribution in [0.4, 0.5) is 8.78 Å². The van der Waals surface area contributed by atoms with Gasteiger partial charge in [-0.1, -0.05) is 18.2 Å². The van der Waals surface area contributed by atoms with Crippen molar-refractivity contribution in [2.75, 3.05) is 0 Å². The van der Waals surface area contributed by atoms with Gasteiger partial charge in [-0.05, 0) is 62.1 Å². The van der Waals surface area contributed by atoms with Crippen molar-refractivity contribution < 1.29 is 28.2 Å². The normalized spacial score (nSPS) is 17.3. The minimum absolute atomic E-state index is 0.0246. The molecular formula is C27H27F2N3O4. The van der Waals surface area contributed by atoms with E-state index < -0.39 is 17.5 Å². The summed E-state index contributed by atoms with van der Waals surface area (Å²) >= 11 is 0. The van der Waals surface area contributed by atoms with E-state index in [0.717, 1.165) is 12.3 Å². The minimum Gasteiger partial charge on any atom is -0.508 e. The molecule has 2 amide bonds. The number of hydrogen-bond donors (Lipinski definition) is 2. The molecule has 1 aliphatic rings. The molecule has 4 rings (SSSR count). The first-order valence-electron chi connectivity index (χ1n) is 11.7. The Morgan fingerprint density at radius 1 is 1.06 bits per heavy atom. The van der Waals surface area contributed by atoms with Crippen LogP contribution in [0.5, 0.6) is 17.4 Å². The summed E-state index contributed by atoms with van der Waals surface area (Å²) in [6.07, 6.45) is 3.52. The number of phenolic OH excluding ortho intramolecular Hbond substituents is 1. The predicted octanol–water partition coefficient (Wildman–Crippen LogP) is 4.95. The molecule has 0 aliphatic heterocycles. The number of nitrogens with one attached hydrogen (secondary N) is 1. The molecule has 0 saturated heterocycles. The summed E-state index contributed by atoms with van der Waals surface area (Å²) in [4.78, 5) is 31.0. The molecule has 2 N–H and O–H groups in total. The zero-order valence-electron chi connectivity index (χ0n) is 19.8. The number of hydrogen-bond acceptors (Lipinski definition) is 5. The smallest absolute Gasteiger partial charge is 0.257 e. The van der Waals surface area contributed by atoms with Crippen molar-refractivity contribution in [1.82, 2.24) is 15.2 Å². The second-order valence-corrected chi connectivity index (χ2v) is 8.82. The van der Waals surface area contributed by atoms with Crippen LogP contribution in [0.15, 0.2) is 60.8 Å². The molecule has 1 heterocycles. The monoisotopic (exact) mass is 495 g/mol. The third kappa shape index (κ3) is 6.16. The number of halogens is 2. The second kappa shape index (κ2) is 11.2. The maximum Gasteiger partial charge on any atom is 0.257 e. The molecule has 0 spiro atoms. The summed E-state index contributed by atoms with van der Waals surface area (Å²) in [6.45, 7) is 1.82. The van der Waals surface area contributed by atoms with E-state index in [9.17, 15) is 23.5 Å². The number of rotatable bonds is 7. The average molecular weight is 496 g/mol. The molecule has 1 aliphatic carbocycles. The van der Waals surface area contributed by atoms with Crippen LogP contribution in [-0.2, 0) is 11.3 Å². The molecular weight excluding hydrogens is 468 g/mol. The van der Waals surface area contributed by atoms with Crippen LogP contribution in [0.1, 0.15) is 48.5 Å². The van der Waals surface area contributed by atoms with Crippen LogP contribution in [0.2, 0.25) is 0 Å². The van der Waals surface area contributed by atoms with Crippen LogP contribution in [-0.4, -0.2) is 38.9 Å². The Bertz CT molecular complexity index is 1230. The number of nitrogens with zero attached hydrogens (tertiary/aromatic N) is 2. The summed E-state index contributed by atoms with van der Waals surface area (Å²) in [5, 5.41) is 13.0. The Kier molecular flexibility index (Phi) is 7.77. The summed E-state index contributed by atoms with van der Waals surface area (Å²) in [5.74, 6) is -1.41. The SMILES string of the molecule is CC(=O)N(Cc1ccccc1O)C1CCC(NC(=O)c2cc(F)cnc2Oc2ccc(F)cc2)CC1. The van der Waals surface area contributed by atoms with Gasteiger partial charge in [0.2, 0.25) is 11.8 Å². The average Bonchev–Trinajstić information content (AvgIpc) is 2.86. The first kappa shape index (κ1) is 25.1. The van der Waals surface area contributed by atoms with E-state index in [0.29, 0.717) is 37.8 Å². The summed E-state index contributed by atoms with van der Waals surface area (Å²) in [5.41, 5.74) is 0.613. The molecule has 2 aromatic carbocycles. The maximum atomic E-state index is 13.9. The van der Waals surface area contributed by atoms with Crippen molar-refractivity contribution in [3.05, 3.63) is 83.6 Å². The van der Waals surface area contributed by atoms with Gasteiger partial charge in [-0.25, -0.2) is 13.8 Å². The molecule has 0 bridgehead atoms. The Morgan fingerprint density at radius 3 is 2.42 bits per heavy atom. The van der Waals surface area contributed by atoms with Gasteiger partial charge in [0.15, 0.2) is 0 Å². The number of phenols is 1. The summed E-state index contributed by atoms with van der Waals surface area (Å²) < 4.78 is 32.7. The molecule has 1 saturated carbocycles. The minimum atomic E-state index is -0.684. The van der Waals surface area contributed by atoms with Crippen LogP contribution in [0.25, 0.3) is 0 Å². The number of benzene rings is 2. The largest absolute Gasteiger partial charge is 0.508 e. The van der Waals surface area contributed by atoms with E-state index in [1.807, 2.05) is 6.07 Å². The van der Waals surface area contributed by atoms with Gasteiger partial charge in [0, 0.05) is 31.1 Å². The fourth-order valence-corrected chi connectivity index (χ4v) is 4.41. The summed E-state index contributed by atoms with van der Waals surface area (Å²) in [7, 11) is 0. The van der Waals surface area contributed by atoms with Crippen LogP contribution in [0, 0.1) is 11.6 Å². The molecule has 1 aromatic heterocycles. The van der Waals surface area contributed by atoms with Gasteiger partial charge < -0.3 is 20.1 Å². The first-order chi connectivity index (χ1) is 17.3. The maximum absolute atomic E-state index is 13.9. The lowest BCUT2D eigenvalue weighted by atomic mass is 9.89. The highest BCUT2D eigenvalue weighted by molar-refractivity contribution is 5.96. The van der Waals surface area contributed by atoms with Crippen molar-refractivity contribution in [3.8, 4) is 17.4 Å². The van der Waals surface area contributed by atoms with Gasteiger partial charge in [-0.15, -0.1) is 0 Å². The van der Waals surface area contributed by atoms with Crippen molar-refractivity contribution >= 4 is 11.8 Å². The van der Waals surface area contributed by atoms with E-state index in [1.165, 1.54) is 31.2 Å². The van der Waals surface area contributed by atoms with Gasteiger partial charge in [0.1, 0.15) is 28.7 Å². The Labute approximate surface area is 207 Å². The molecule has 188 valence electrons. The third-order valence-electron chi connectivity index (χ3n) is 6.30. The Balaban J connectivity index is 1.39. The van der Waals surface area contributed by atoms with E-state index in [2.05, 4.69) is 10.3 Å². The van der Waals surface area contributed by atoms with Crippen molar-refractivity contribution in [1.29, 1.82) is 0 Å². The first-order valence-corrected chi connectivity index (χ1v) is 11.7. The highest BCUT2D eigenvalue weighted by Gasteiger charge is 2.29. The number of ether oxygens (including phenoxy) is 1. The zero-order valence-corrected chi connectivity index (χ0v) is 19.8. The number of aromatic nitrogens is 1. The quantitative estimate of drug-likeness (QED) is 0.484. The Morgan fingerprint density at radius 2 is 1.75 bits per heavy atom. The molecule has 36 heavy (non-hydrogen) atoms. The number of aromatic hydroxyl groups is 1. The fourth-order valence-electron chi connectivity index (χ4n) is 4.41. The standard InChI is InChI=1S/C27H27F2N3O4/c1-17(33)32(16-18-4-2-3-5-25(18)34)22-10-8-21(9-11-22)31-26(35)24-14-20(29)15-30-27(24)36-23-12-6-19(28)7-13-23/h2-7,12-15,21-22,34H,8-11,16H2,1H3,(H,31,35). The Hall–Kier alpha value is -4.01. The summed E-state index contributed by atoms with van der Waals surface area (Å²) in [6, 6.07) is 13.0. The van der Waals surface area contributed by atoms with Crippen molar-refractivity contribution in [2.24, 2.45) is 0 Å². The number of pyridine rings is 1. The van der Waals surface area contributed by atoms with Crippen molar-refractivity contribution in [2.45, 2.75) is 51.2 Å². The van der Waals surface area contributed by atoms with Gasteiger partial charge >= 0.3 is 0 Å². The van der Waals surface area contributed by atoms with E-state index in [-0.39, 0.29) is 40.9 Å². The molecule has 1 fully saturated rings. The van der Waals surface area contributed by atoms with Crippen LogP contribution < -0.4 is 10.1 Å². The molecule has 9 heteroatoms. The highest BCUT2D eigenvalue weighted by atomic mass is 19.1. The molecule has 0 atom stereocenters.